The van der Waals surface area contributed by atoms with Crippen LogP contribution in [0, 0.1) is 0 Å². The number of rotatable bonds is 0. The highest BCUT2D eigenvalue weighted by atomic mass is 16.4. The minimum atomic E-state index is -1.44. The molecule has 7 N–H and O–H groups in total. The summed E-state index contributed by atoms with van der Waals surface area (Å²) in [7, 11) is 0. The summed E-state index contributed by atoms with van der Waals surface area (Å²) in [5, 5.41) is 16.2. The van der Waals surface area contributed by atoms with Crippen molar-refractivity contribution in [1.29, 1.82) is 0 Å². The number of hydrogen-bond acceptors (Lipinski definition) is 3. The molecule has 0 aliphatic rings. The van der Waals surface area contributed by atoms with Gasteiger partial charge in [-0.25, -0.2) is 19.7 Å². The Balaban J connectivity index is 0. The molecule has 0 unspecified atom stereocenters. The molecule has 0 aromatic heterocycles. The Hall–Kier alpha value is -1.99. The molecule has 0 saturated heterocycles. The van der Waals surface area contributed by atoms with Gasteiger partial charge in [-0.05, 0) is 0 Å². The molecule has 0 spiro atoms. The second-order valence-electron chi connectivity index (χ2n) is 1.13. The quantitative estimate of drug-likeness (QED) is 0.309. The largest absolute Gasteiger partial charge is 0.465 e. The molecule has 0 heterocycles. The minimum Gasteiger partial charge on any atom is -0.465 e. The molecule has 0 fully saturated rings. The first-order chi connectivity index (χ1) is 4.86. The van der Waals surface area contributed by atoms with Crippen LogP contribution in [0.5, 0.6) is 0 Å². The highest BCUT2D eigenvalue weighted by Crippen LogP contribution is 1.55. The molecule has 0 aliphatic carbocycles. The molecule has 0 bridgehead atoms. The van der Waals surface area contributed by atoms with E-state index in [0.717, 1.165) is 0 Å². The maximum atomic E-state index is 9.54. The van der Waals surface area contributed by atoms with Gasteiger partial charge in [0, 0.05) is 0 Å². The van der Waals surface area contributed by atoms with Crippen LogP contribution in [0.25, 0.3) is 0 Å². The predicted molar refractivity (Wildman–Crippen MR) is 33.0 cm³/mol. The lowest BCUT2D eigenvalue weighted by Gasteiger charge is -1.86. The van der Waals surface area contributed by atoms with Crippen molar-refractivity contribution in [3.05, 3.63) is 0 Å². The number of carbonyl (C=O) groups is 3. The van der Waals surface area contributed by atoms with Gasteiger partial charge in [-0.3, -0.25) is 0 Å². The van der Waals surface area contributed by atoms with Gasteiger partial charge in [0.2, 0.25) is 0 Å². The lowest BCUT2D eigenvalue weighted by molar-refractivity contribution is 0.193. The molecule has 0 radical (unpaired) electrons. The van der Waals surface area contributed by atoms with Crippen LogP contribution in [-0.4, -0.2) is 28.4 Å². The van der Waals surface area contributed by atoms with Crippen LogP contribution in [0.4, 0.5) is 14.4 Å². The van der Waals surface area contributed by atoms with Gasteiger partial charge >= 0.3 is 18.2 Å². The van der Waals surface area contributed by atoms with Gasteiger partial charge in [-0.2, -0.15) is 0 Å². The first-order valence-electron chi connectivity index (χ1n) is 2.14. The summed E-state index contributed by atoms with van der Waals surface area (Å²) in [6.45, 7) is 0. The van der Waals surface area contributed by atoms with E-state index in [1.165, 1.54) is 5.32 Å². The fourth-order valence-electron chi connectivity index (χ4n) is 0.105. The highest BCUT2D eigenvalue weighted by Gasteiger charge is 1.94. The maximum absolute atomic E-state index is 9.54. The predicted octanol–water partition coefficient (Wildman–Crippen LogP) is -1.04. The van der Waals surface area contributed by atoms with E-state index < -0.39 is 18.2 Å². The molecule has 8 heteroatoms. The van der Waals surface area contributed by atoms with Crippen molar-refractivity contribution < 1.29 is 24.6 Å². The summed E-state index contributed by atoms with van der Waals surface area (Å²) in [6.07, 6.45) is -2.77. The van der Waals surface area contributed by atoms with Gasteiger partial charge in [0.05, 0.1) is 0 Å². The zero-order valence-electron chi connectivity index (χ0n) is 5.27. The van der Waals surface area contributed by atoms with Crippen molar-refractivity contribution in [2.75, 3.05) is 0 Å². The molecule has 0 saturated carbocycles. The Morgan fingerprint density at radius 2 is 1.36 bits per heavy atom. The molecule has 0 aliphatic heterocycles. The van der Waals surface area contributed by atoms with Crippen LogP contribution < -0.4 is 16.8 Å². The summed E-state index contributed by atoms with van der Waals surface area (Å²) >= 11 is 0. The number of nitrogens with one attached hydrogen (secondary N) is 1. The van der Waals surface area contributed by atoms with Crippen LogP contribution in [0.2, 0.25) is 0 Å². The van der Waals surface area contributed by atoms with E-state index >= 15 is 0 Å². The first kappa shape index (κ1) is 11.8. The summed E-state index contributed by atoms with van der Waals surface area (Å²) in [5.41, 5.74) is 8.39. The fourth-order valence-corrected chi connectivity index (χ4v) is 0.105. The molecule has 4 amide bonds. The lowest BCUT2D eigenvalue weighted by atomic mass is 11.0. The van der Waals surface area contributed by atoms with E-state index in [0.29, 0.717) is 0 Å². The molecule has 11 heavy (non-hydrogen) atoms. The van der Waals surface area contributed by atoms with Crippen molar-refractivity contribution in [2.45, 2.75) is 0 Å². The summed E-state index contributed by atoms with van der Waals surface area (Å²) in [6, 6.07) is -1.06. The van der Waals surface area contributed by atoms with Gasteiger partial charge in [0.1, 0.15) is 0 Å². The van der Waals surface area contributed by atoms with Crippen molar-refractivity contribution in [3.8, 4) is 0 Å². The Kier molecular flexibility index (Phi) is 6.56. The lowest BCUT2D eigenvalue weighted by Crippen LogP contribution is -2.33. The van der Waals surface area contributed by atoms with Crippen LogP contribution in [-0.2, 0) is 0 Å². The molecular weight excluding hydrogens is 158 g/mol. The molecule has 0 atom stereocenters. The molecular formula is C3H7N3O5. The Bertz CT molecular complexity index is 150. The normalized spacial score (nSPS) is 6.91. The van der Waals surface area contributed by atoms with Gasteiger partial charge in [-0.15, -0.1) is 0 Å². The van der Waals surface area contributed by atoms with E-state index in [1.807, 2.05) is 0 Å². The van der Waals surface area contributed by atoms with E-state index in [9.17, 15) is 9.59 Å². The Morgan fingerprint density at radius 3 is 1.36 bits per heavy atom. The second-order valence-corrected chi connectivity index (χ2v) is 1.13. The van der Waals surface area contributed by atoms with Gasteiger partial charge < -0.3 is 21.7 Å². The van der Waals surface area contributed by atoms with Crippen LogP contribution in [0.1, 0.15) is 0 Å². The summed E-state index contributed by atoms with van der Waals surface area (Å²) in [5.74, 6) is 0. The van der Waals surface area contributed by atoms with Crippen LogP contribution in [0.3, 0.4) is 0 Å². The average Bonchev–Trinajstić information content (AvgIpc) is 1.56. The zero-order valence-corrected chi connectivity index (χ0v) is 5.27. The standard InChI is InChI=1S/C2H4N2O3.CH3NO2/c3-1(5)4-2(6)7;2-1(3)4/h(H,6,7)(H3,3,4,5);2H2,(H,3,4). The van der Waals surface area contributed by atoms with Crippen LogP contribution in [0.15, 0.2) is 0 Å². The van der Waals surface area contributed by atoms with Crippen molar-refractivity contribution in [3.63, 3.8) is 0 Å². The van der Waals surface area contributed by atoms with E-state index in [2.05, 4.69) is 11.5 Å². The van der Waals surface area contributed by atoms with Crippen molar-refractivity contribution in [1.82, 2.24) is 5.32 Å². The number of carboxylic acid groups (broad SMARTS) is 2. The Morgan fingerprint density at radius 1 is 1.09 bits per heavy atom. The fraction of sp³-hybridized carbons (Fsp3) is 0. The van der Waals surface area contributed by atoms with Crippen molar-refractivity contribution >= 4 is 18.2 Å². The SMILES string of the molecule is NC(=O)NC(=O)O.NC(=O)O. The highest BCUT2D eigenvalue weighted by molar-refractivity contribution is 5.88. The number of carbonyl (C=O) groups excluding carboxylic acids is 1. The number of primary amides is 2. The third kappa shape index (κ3) is 71.6. The van der Waals surface area contributed by atoms with Gasteiger partial charge in [-0.1, -0.05) is 0 Å². The second kappa shape index (κ2) is 6.13. The van der Waals surface area contributed by atoms with Gasteiger partial charge in [0.15, 0.2) is 0 Å². The number of imide groups is 1. The minimum absolute atomic E-state index is 1.06. The smallest absolute Gasteiger partial charge is 0.412 e. The van der Waals surface area contributed by atoms with E-state index in [4.69, 9.17) is 15.0 Å². The number of amides is 4. The summed E-state index contributed by atoms with van der Waals surface area (Å²) < 4.78 is 0. The Labute approximate surface area is 60.8 Å². The monoisotopic (exact) mass is 165 g/mol. The molecule has 8 nitrogen and oxygen atoms in total. The number of hydrogen-bond donors (Lipinski definition) is 5. The molecule has 0 rings (SSSR count). The first-order valence-corrected chi connectivity index (χ1v) is 2.14. The average molecular weight is 165 g/mol. The van der Waals surface area contributed by atoms with Gasteiger partial charge in [0.25, 0.3) is 0 Å². The molecule has 64 valence electrons. The maximum Gasteiger partial charge on any atom is 0.412 e. The van der Waals surface area contributed by atoms with E-state index in [1.54, 1.807) is 0 Å². The number of urea groups is 1. The third-order valence-corrected chi connectivity index (χ3v) is 0.230. The topological polar surface area (TPSA) is 156 Å². The zero-order chi connectivity index (χ0) is 9.44. The van der Waals surface area contributed by atoms with Crippen molar-refractivity contribution in [2.24, 2.45) is 11.5 Å². The number of nitrogens with two attached hydrogens (primary N) is 2. The van der Waals surface area contributed by atoms with E-state index in [-0.39, 0.29) is 0 Å². The molecule has 0 aromatic carbocycles. The summed E-state index contributed by atoms with van der Waals surface area (Å²) in [4.78, 5) is 27.7. The third-order valence-electron chi connectivity index (χ3n) is 0.230. The van der Waals surface area contributed by atoms with Crippen LogP contribution >= 0.6 is 0 Å². The molecule has 0 aromatic rings.